The first-order valence-electron chi connectivity index (χ1n) is 8.99. The van der Waals surface area contributed by atoms with E-state index in [-0.39, 0.29) is 23.8 Å². The summed E-state index contributed by atoms with van der Waals surface area (Å²) in [6, 6.07) is 8.45. The molecule has 9 heteroatoms. The second-order valence-corrected chi connectivity index (χ2v) is 8.09. The van der Waals surface area contributed by atoms with E-state index in [1.54, 1.807) is 26.0 Å². The number of nitrogens with one attached hydrogen (secondary N) is 1. The largest absolute Gasteiger partial charge is 0.354 e. The molecule has 2 aromatic rings. The molecule has 1 heterocycles. The smallest absolute Gasteiger partial charge is 0.251 e. The minimum Gasteiger partial charge on any atom is -0.354 e. The fourth-order valence-electron chi connectivity index (χ4n) is 2.75. The summed E-state index contributed by atoms with van der Waals surface area (Å²) in [7, 11) is -3.73. The van der Waals surface area contributed by atoms with Gasteiger partial charge in [-0.2, -0.15) is 4.31 Å². The van der Waals surface area contributed by atoms with E-state index in [1.165, 1.54) is 28.7 Å². The standard InChI is InChI=1S/C19H24FN3O4S/c1-3-23(4-2)28(26,27)17-8-9-19(25)22(13-17)14-18(24)21-11-10-15-6-5-7-16(20)12-15/h5-9,12-13H,3-4,10-11,14H2,1-2H3,(H,21,24). The molecule has 1 amide bonds. The van der Waals surface area contributed by atoms with Gasteiger partial charge in [0.1, 0.15) is 12.4 Å². The fraction of sp³-hybridized carbons (Fsp3) is 0.368. The highest BCUT2D eigenvalue weighted by molar-refractivity contribution is 7.89. The van der Waals surface area contributed by atoms with Crippen LogP contribution in [0.15, 0.2) is 52.3 Å². The number of carbonyl (C=O) groups is 1. The lowest BCUT2D eigenvalue weighted by molar-refractivity contribution is -0.121. The maximum absolute atomic E-state index is 13.1. The van der Waals surface area contributed by atoms with Crippen molar-refractivity contribution in [2.75, 3.05) is 19.6 Å². The average Bonchev–Trinajstić information content (AvgIpc) is 2.64. The van der Waals surface area contributed by atoms with Gasteiger partial charge in [0, 0.05) is 31.9 Å². The summed E-state index contributed by atoms with van der Waals surface area (Å²) in [6.45, 7) is 4.03. The van der Waals surface area contributed by atoms with Crippen molar-refractivity contribution in [2.24, 2.45) is 0 Å². The highest BCUT2D eigenvalue weighted by Gasteiger charge is 2.22. The molecule has 152 valence electrons. The SMILES string of the molecule is CCN(CC)S(=O)(=O)c1ccc(=O)n(CC(=O)NCCc2cccc(F)c2)c1. The molecule has 0 aliphatic heterocycles. The lowest BCUT2D eigenvalue weighted by atomic mass is 10.1. The number of aromatic nitrogens is 1. The highest BCUT2D eigenvalue weighted by Crippen LogP contribution is 2.13. The predicted octanol–water partition coefficient (Wildman–Crippen LogP) is 1.38. The molecule has 1 aromatic carbocycles. The van der Waals surface area contributed by atoms with Crippen molar-refractivity contribution >= 4 is 15.9 Å². The number of nitrogens with zero attached hydrogens (tertiary/aromatic N) is 2. The van der Waals surface area contributed by atoms with Gasteiger partial charge in [-0.3, -0.25) is 9.59 Å². The van der Waals surface area contributed by atoms with Crippen LogP contribution in [0, 0.1) is 5.82 Å². The number of rotatable bonds is 9. The van der Waals surface area contributed by atoms with Gasteiger partial charge in [-0.25, -0.2) is 12.8 Å². The lowest BCUT2D eigenvalue weighted by Gasteiger charge is -2.19. The van der Waals surface area contributed by atoms with Gasteiger partial charge in [-0.05, 0) is 30.2 Å². The summed E-state index contributed by atoms with van der Waals surface area (Å²) in [4.78, 5) is 24.1. The van der Waals surface area contributed by atoms with Crippen molar-refractivity contribution in [1.29, 1.82) is 0 Å². The van der Waals surface area contributed by atoms with Gasteiger partial charge < -0.3 is 9.88 Å². The van der Waals surface area contributed by atoms with Gasteiger partial charge in [0.05, 0.1) is 4.90 Å². The van der Waals surface area contributed by atoms with E-state index in [0.29, 0.717) is 19.5 Å². The summed E-state index contributed by atoms with van der Waals surface area (Å²) < 4.78 is 40.6. The van der Waals surface area contributed by atoms with Gasteiger partial charge in [0.25, 0.3) is 5.56 Å². The molecule has 0 atom stereocenters. The van der Waals surface area contributed by atoms with Gasteiger partial charge in [0.15, 0.2) is 0 Å². The summed E-state index contributed by atoms with van der Waals surface area (Å²) in [5, 5.41) is 2.65. The van der Waals surface area contributed by atoms with Crippen molar-refractivity contribution in [1.82, 2.24) is 14.2 Å². The molecule has 0 saturated carbocycles. The van der Waals surface area contributed by atoms with Gasteiger partial charge in [-0.15, -0.1) is 0 Å². The van der Waals surface area contributed by atoms with E-state index in [9.17, 15) is 22.4 Å². The Morgan fingerprint density at radius 2 is 1.89 bits per heavy atom. The zero-order chi connectivity index (χ0) is 20.7. The lowest BCUT2D eigenvalue weighted by Crippen LogP contribution is -2.35. The van der Waals surface area contributed by atoms with Crippen LogP contribution in [0.1, 0.15) is 19.4 Å². The molecule has 0 radical (unpaired) electrons. The van der Waals surface area contributed by atoms with Crippen LogP contribution in [0.25, 0.3) is 0 Å². The van der Waals surface area contributed by atoms with Crippen molar-refractivity contribution in [3.63, 3.8) is 0 Å². The Labute approximate surface area is 163 Å². The van der Waals surface area contributed by atoms with Crippen molar-refractivity contribution in [3.8, 4) is 0 Å². The molecule has 28 heavy (non-hydrogen) atoms. The predicted molar refractivity (Wildman–Crippen MR) is 104 cm³/mol. The first-order chi connectivity index (χ1) is 13.3. The van der Waals surface area contributed by atoms with Crippen LogP contribution in [0.3, 0.4) is 0 Å². The van der Waals surface area contributed by atoms with Crippen LogP contribution >= 0.6 is 0 Å². The maximum Gasteiger partial charge on any atom is 0.251 e. The molecular weight excluding hydrogens is 385 g/mol. The number of halogens is 1. The van der Waals surface area contributed by atoms with Crippen LogP contribution in [0.5, 0.6) is 0 Å². The fourth-order valence-corrected chi connectivity index (χ4v) is 4.23. The summed E-state index contributed by atoms with van der Waals surface area (Å²) in [5.41, 5.74) is 0.267. The van der Waals surface area contributed by atoms with Gasteiger partial charge in [-0.1, -0.05) is 26.0 Å². The molecule has 1 N–H and O–H groups in total. The van der Waals surface area contributed by atoms with E-state index in [0.717, 1.165) is 16.2 Å². The zero-order valence-electron chi connectivity index (χ0n) is 15.9. The first-order valence-corrected chi connectivity index (χ1v) is 10.4. The Kier molecular flexibility index (Phi) is 7.47. The van der Waals surface area contributed by atoms with E-state index in [1.807, 2.05) is 0 Å². The van der Waals surface area contributed by atoms with Crippen LogP contribution < -0.4 is 10.9 Å². The topological polar surface area (TPSA) is 88.5 Å². The van der Waals surface area contributed by atoms with Crippen LogP contribution in [0.4, 0.5) is 4.39 Å². The monoisotopic (exact) mass is 409 g/mol. The molecule has 7 nitrogen and oxygen atoms in total. The second-order valence-electron chi connectivity index (χ2n) is 6.15. The Hall–Kier alpha value is -2.52. The third-order valence-electron chi connectivity index (χ3n) is 4.24. The number of amides is 1. The Balaban J connectivity index is 2.05. The molecule has 0 aliphatic rings. The average molecular weight is 409 g/mol. The normalized spacial score (nSPS) is 11.6. The second kappa shape index (κ2) is 9.61. The van der Waals surface area contributed by atoms with Gasteiger partial charge in [0.2, 0.25) is 15.9 Å². The summed E-state index contributed by atoms with van der Waals surface area (Å²) in [6.07, 6.45) is 1.62. The molecule has 0 unspecified atom stereocenters. The Bertz CT molecular complexity index is 985. The molecule has 0 bridgehead atoms. The molecule has 0 saturated heterocycles. The highest BCUT2D eigenvalue weighted by atomic mass is 32.2. The molecule has 0 spiro atoms. The zero-order valence-corrected chi connectivity index (χ0v) is 16.7. The van der Waals surface area contributed by atoms with Crippen LogP contribution in [-0.4, -0.2) is 42.8 Å². The minimum absolute atomic E-state index is 0.0386. The number of benzene rings is 1. The maximum atomic E-state index is 13.1. The molecule has 2 rings (SSSR count). The third kappa shape index (κ3) is 5.49. The molecule has 0 aliphatic carbocycles. The molecular formula is C19H24FN3O4S. The molecule has 1 aromatic heterocycles. The number of pyridine rings is 1. The van der Waals surface area contributed by atoms with Crippen LogP contribution in [-0.2, 0) is 27.8 Å². The first kappa shape index (κ1) is 21.8. The number of carbonyl (C=O) groups excluding carboxylic acids is 1. The van der Waals surface area contributed by atoms with E-state index in [2.05, 4.69) is 5.32 Å². The Morgan fingerprint density at radius 1 is 1.18 bits per heavy atom. The van der Waals surface area contributed by atoms with Crippen LogP contribution in [0.2, 0.25) is 0 Å². The van der Waals surface area contributed by atoms with E-state index in [4.69, 9.17) is 0 Å². The van der Waals surface area contributed by atoms with Crippen molar-refractivity contribution in [3.05, 3.63) is 64.3 Å². The minimum atomic E-state index is -3.73. The van der Waals surface area contributed by atoms with E-state index < -0.39 is 21.5 Å². The Morgan fingerprint density at radius 3 is 2.54 bits per heavy atom. The quantitative estimate of drug-likeness (QED) is 0.678. The molecule has 0 fully saturated rings. The van der Waals surface area contributed by atoms with Gasteiger partial charge >= 0.3 is 0 Å². The van der Waals surface area contributed by atoms with Crippen molar-refractivity contribution in [2.45, 2.75) is 31.7 Å². The number of hydrogen-bond donors (Lipinski definition) is 1. The number of sulfonamides is 1. The van der Waals surface area contributed by atoms with Crippen molar-refractivity contribution < 1.29 is 17.6 Å². The van der Waals surface area contributed by atoms with E-state index >= 15 is 0 Å². The summed E-state index contributed by atoms with van der Waals surface area (Å²) in [5.74, 6) is -0.780. The third-order valence-corrected chi connectivity index (χ3v) is 6.27. The summed E-state index contributed by atoms with van der Waals surface area (Å²) >= 11 is 0. The number of hydrogen-bond acceptors (Lipinski definition) is 4.